The molecule has 0 fully saturated rings. The fourth-order valence-electron chi connectivity index (χ4n) is 0.613. The first-order chi connectivity index (χ1) is 6.41. The lowest BCUT2D eigenvalue weighted by Crippen LogP contribution is -2.09. The Morgan fingerprint density at radius 1 is 1.08 bits per heavy atom. The number of azide groups is 1. The molecule has 0 saturated carbocycles. The molecule has 0 aliphatic heterocycles. The van der Waals surface area contributed by atoms with Crippen LogP contribution in [-0.4, -0.2) is 39.8 Å². The first kappa shape index (κ1) is 12.2. The lowest BCUT2D eigenvalue weighted by Gasteiger charge is -2.03. The smallest absolute Gasteiger partial charge is 0.126 e. The van der Waals surface area contributed by atoms with Crippen molar-refractivity contribution in [1.29, 1.82) is 0 Å². The average molecular weight is 189 g/mol. The van der Waals surface area contributed by atoms with Crippen LogP contribution < -0.4 is 0 Å². The van der Waals surface area contributed by atoms with Crippen molar-refractivity contribution in [3.63, 3.8) is 0 Å². The first-order valence-corrected chi connectivity index (χ1v) is 4.16. The highest BCUT2D eigenvalue weighted by Gasteiger charge is 1.88. The number of hydrogen-bond donors (Lipinski definition) is 0. The van der Waals surface area contributed by atoms with Crippen LogP contribution in [0, 0.1) is 0 Å². The molecule has 0 rings (SSSR count). The predicted octanol–water partition coefficient (Wildman–Crippen LogP) is 1.32. The molecule has 76 valence electrons. The van der Waals surface area contributed by atoms with Gasteiger partial charge in [-0.1, -0.05) is 5.11 Å². The first-order valence-electron chi connectivity index (χ1n) is 4.16. The highest BCUT2D eigenvalue weighted by Crippen LogP contribution is 1.81. The molecule has 0 spiro atoms. The van der Waals surface area contributed by atoms with Gasteiger partial charge in [0.05, 0.1) is 26.4 Å². The molecule has 0 atom stereocenters. The van der Waals surface area contributed by atoms with Gasteiger partial charge in [0.1, 0.15) is 6.73 Å². The van der Waals surface area contributed by atoms with E-state index in [1.165, 1.54) is 0 Å². The van der Waals surface area contributed by atoms with Gasteiger partial charge in [-0.2, -0.15) is 0 Å². The molecule has 6 heteroatoms. The van der Waals surface area contributed by atoms with Gasteiger partial charge in [0.2, 0.25) is 0 Å². The van der Waals surface area contributed by atoms with E-state index in [0.29, 0.717) is 33.0 Å². The van der Waals surface area contributed by atoms with E-state index in [1.54, 1.807) is 0 Å². The van der Waals surface area contributed by atoms with Crippen molar-refractivity contribution >= 4 is 0 Å². The van der Waals surface area contributed by atoms with Crippen molar-refractivity contribution in [3.8, 4) is 0 Å². The van der Waals surface area contributed by atoms with Gasteiger partial charge >= 0.3 is 0 Å². The molecular weight excluding hydrogens is 174 g/mol. The van der Waals surface area contributed by atoms with Gasteiger partial charge in [-0.25, -0.2) is 0 Å². The Morgan fingerprint density at radius 2 is 1.69 bits per heavy atom. The van der Waals surface area contributed by atoms with Crippen LogP contribution in [0.2, 0.25) is 0 Å². The Bertz CT molecular complexity index is 148. The van der Waals surface area contributed by atoms with Gasteiger partial charge in [0, 0.05) is 11.5 Å². The van der Waals surface area contributed by atoms with E-state index < -0.39 is 0 Å². The normalized spacial score (nSPS) is 9.62. The largest absolute Gasteiger partial charge is 0.379 e. The van der Waals surface area contributed by atoms with E-state index >= 15 is 0 Å². The van der Waals surface area contributed by atoms with Crippen molar-refractivity contribution in [2.75, 3.05) is 39.8 Å². The van der Waals surface area contributed by atoms with Crippen LogP contribution in [0.3, 0.4) is 0 Å². The molecule has 0 aromatic rings. The highest BCUT2D eigenvalue weighted by atomic mass is 16.5. The molecule has 0 N–H and O–H groups in total. The SMILES string of the molecule is CCOCCOCCOCN=[N+]=[N-]. The lowest BCUT2D eigenvalue weighted by atomic mass is 10.7. The van der Waals surface area contributed by atoms with E-state index in [9.17, 15) is 0 Å². The average Bonchev–Trinajstić information content (AvgIpc) is 2.16. The van der Waals surface area contributed by atoms with E-state index in [-0.39, 0.29) is 6.73 Å². The van der Waals surface area contributed by atoms with E-state index in [4.69, 9.17) is 19.7 Å². The summed E-state index contributed by atoms with van der Waals surface area (Å²) in [6.45, 7) is 4.80. The maximum atomic E-state index is 7.90. The summed E-state index contributed by atoms with van der Waals surface area (Å²) in [5.41, 5.74) is 7.90. The minimum atomic E-state index is 0.0608. The Labute approximate surface area is 77.4 Å². The topological polar surface area (TPSA) is 76.5 Å². The summed E-state index contributed by atoms with van der Waals surface area (Å²) in [6, 6.07) is 0. The summed E-state index contributed by atoms with van der Waals surface area (Å²) in [5.74, 6) is 0. The van der Waals surface area contributed by atoms with Gasteiger partial charge in [-0.3, -0.25) is 0 Å². The fourth-order valence-corrected chi connectivity index (χ4v) is 0.613. The summed E-state index contributed by atoms with van der Waals surface area (Å²) in [5, 5.41) is 3.20. The van der Waals surface area contributed by atoms with Crippen molar-refractivity contribution in [1.82, 2.24) is 0 Å². The van der Waals surface area contributed by atoms with E-state index in [1.807, 2.05) is 6.92 Å². The van der Waals surface area contributed by atoms with E-state index in [2.05, 4.69) is 10.0 Å². The van der Waals surface area contributed by atoms with Crippen LogP contribution >= 0.6 is 0 Å². The third kappa shape index (κ3) is 11.2. The van der Waals surface area contributed by atoms with Crippen molar-refractivity contribution in [2.24, 2.45) is 5.11 Å². The summed E-state index contributed by atoms with van der Waals surface area (Å²) >= 11 is 0. The Morgan fingerprint density at radius 3 is 2.31 bits per heavy atom. The molecule has 0 aromatic heterocycles. The molecule has 0 saturated heterocycles. The summed E-state index contributed by atoms with van der Waals surface area (Å²) in [4.78, 5) is 2.53. The lowest BCUT2D eigenvalue weighted by molar-refractivity contribution is 0.0183. The van der Waals surface area contributed by atoms with Crippen LogP contribution in [0.4, 0.5) is 0 Å². The van der Waals surface area contributed by atoms with Crippen LogP contribution in [0.15, 0.2) is 5.11 Å². The molecule has 0 amide bonds. The van der Waals surface area contributed by atoms with Gasteiger partial charge in [0.25, 0.3) is 0 Å². The maximum absolute atomic E-state index is 7.90. The monoisotopic (exact) mass is 189 g/mol. The number of nitrogens with zero attached hydrogens (tertiary/aromatic N) is 3. The summed E-state index contributed by atoms with van der Waals surface area (Å²) in [6.07, 6.45) is 0. The van der Waals surface area contributed by atoms with Gasteiger partial charge in [-0.15, -0.1) is 0 Å². The zero-order chi connectivity index (χ0) is 9.78. The molecular formula is C7H15N3O3. The van der Waals surface area contributed by atoms with Gasteiger partial charge in [0.15, 0.2) is 0 Å². The fraction of sp³-hybridized carbons (Fsp3) is 1.00. The molecule has 0 unspecified atom stereocenters. The maximum Gasteiger partial charge on any atom is 0.126 e. The van der Waals surface area contributed by atoms with Crippen LogP contribution in [-0.2, 0) is 14.2 Å². The highest BCUT2D eigenvalue weighted by molar-refractivity contribution is 4.37. The number of ether oxygens (including phenoxy) is 3. The van der Waals surface area contributed by atoms with Crippen LogP contribution in [0.25, 0.3) is 10.4 Å². The van der Waals surface area contributed by atoms with Crippen LogP contribution in [0.1, 0.15) is 6.92 Å². The predicted molar refractivity (Wildman–Crippen MR) is 47.3 cm³/mol. The second kappa shape index (κ2) is 11.2. The third-order valence-electron chi connectivity index (χ3n) is 1.16. The molecule has 0 aliphatic rings. The molecule has 0 radical (unpaired) electrons. The van der Waals surface area contributed by atoms with Crippen molar-refractivity contribution in [3.05, 3.63) is 10.4 Å². The van der Waals surface area contributed by atoms with E-state index in [0.717, 1.165) is 0 Å². The Hall–Kier alpha value is -0.810. The molecule has 6 nitrogen and oxygen atoms in total. The second-order valence-electron chi connectivity index (χ2n) is 2.08. The minimum Gasteiger partial charge on any atom is -0.379 e. The molecule has 0 aliphatic carbocycles. The Balaban J connectivity index is 2.87. The van der Waals surface area contributed by atoms with Crippen molar-refractivity contribution in [2.45, 2.75) is 6.92 Å². The molecule has 0 heterocycles. The zero-order valence-electron chi connectivity index (χ0n) is 7.81. The third-order valence-corrected chi connectivity index (χ3v) is 1.16. The van der Waals surface area contributed by atoms with Gasteiger partial charge < -0.3 is 14.2 Å². The minimum absolute atomic E-state index is 0.0608. The summed E-state index contributed by atoms with van der Waals surface area (Å²) in [7, 11) is 0. The standard InChI is InChI=1S/C7H15N3O3/c1-2-11-3-4-12-5-6-13-7-9-10-8/h2-7H2,1H3. The molecule has 0 aromatic carbocycles. The number of hydrogen-bond acceptors (Lipinski definition) is 4. The molecule has 0 bridgehead atoms. The summed E-state index contributed by atoms with van der Waals surface area (Å²) < 4.78 is 15.1. The van der Waals surface area contributed by atoms with Gasteiger partial charge in [-0.05, 0) is 12.5 Å². The molecule has 13 heavy (non-hydrogen) atoms. The van der Waals surface area contributed by atoms with Crippen molar-refractivity contribution < 1.29 is 14.2 Å². The quantitative estimate of drug-likeness (QED) is 0.237. The number of rotatable bonds is 9. The Kier molecular flexibility index (Phi) is 10.5. The zero-order valence-corrected chi connectivity index (χ0v) is 7.81. The second-order valence-corrected chi connectivity index (χ2v) is 2.08. The van der Waals surface area contributed by atoms with Crippen LogP contribution in [0.5, 0.6) is 0 Å².